The Hall–Kier alpha value is -3.99. The van der Waals surface area contributed by atoms with Gasteiger partial charge in [-0.3, -0.25) is 0 Å². The second kappa shape index (κ2) is 18.3. The van der Waals surface area contributed by atoms with Gasteiger partial charge in [0.25, 0.3) is 0 Å². The van der Waals surface area contributed by atoms with Crippen molar-refractivity contribution in [2.45, 2.75) is 76.8 Å². The van der Waals surface area contributed by atoms with Crippen LogP contribution < -0.4 is 18.9 Å². The van der Waals surface area contributed by atoms with Gasteiger partial charge in [0.1, 0.15) is 23.2 Å². The highest BCUT2D eigenvalue weighted by Crippen LogP contribution is 2.39. The average molecular weight is 692 g/mol. The van der Waals surface area contributed by atoms with Crippen molar-refractivity contribution in [2.24, 2.45) is 0 Å². The van der Waals surface area contributed by atoms with Gasteiger partial charge < -0.3 is 42.8 Å². The Morgan fingerprint density at radius 1 is 0.880 bits per heavy atom. The normalized spacial score (nSPS) is 18.7. The lowest BCUT2D eigenvalue weighted by Gasteiger charge is -2.39. The van der Waals surface area contributed by atoms with E-state index >= 15 is 0 Å². The number of para-hydroxylation sites is 2. The molecule has 3 aromatic carbocycles. The molecule has 0 saturated carbocycles. The molecule has 10 nitrogen and oxygen atoms in total. The molecule has 0 aromatic heterocycles. The number of methoxy groups -OCH3 is 2. The molecular formula is C40H53NO9. The molecule has 0 N–H and O–H groups in total. The van der Waals surface area contributed by atoms with Gasteiger partial charge in [-0.1, -0.05) is 42.5 Å². The number of amides is 1. The predicted octanol–water partition coefficient (Wildman–Crippen LogP) is 7.21. The van der Waals surface area contributed by atoms with Crippen LogP contribution in [-0.2, 0) is 32.0 Å². The van der Waals surface area contributed by atoms with Crippen LogP contribution in [0.2, 0.25) is 0 Å². The third-order valence-electron chi connectivity index (χ3n) is 8.71. The fourth-order valence-electron chi connectivity index (χ4n) is 6.26. The first-order valence-electron chi connectivity index (χ1n) is 17.7. The van der Waals surface area contributed by atoms with Gasteiger partial charge in [0.15, 0.2) is 11.5 Å². The minimum absolute atomic E-state index is 0.0922. The van der Waals surface area contributed by atoms with E-state index in [0.29, 0.717) is 52.7 Å². The summed E-state index contributed by atoms with van der Waals surface area (Å²) in [4.78, 5) is 14.8. The van der Waals surface area contributed by atoms with Crippen molar-refractivity contribution in [1.29, 1.82) is 0 Å². The molecular weight excluding hydrogens is 638 g/mol. The predicted molar refractivity (Wildman–Crippen MR) is 191 cm³/mol. The molecule has 3 aromatic rings. The maximum atomic E-state index is 13.1. The van der Waals surface area contributed by atoms with Gasteiger partial charge in [0.2, 0.25) is 0 Å². The Morgan fingerprint density at radius 2 is 1.64 bits per heavy atom. The SMILES string of the molecule is COCCCOc1cccc2c1O[C@@H](CO[C@@H]1CN(C(=O)OC(C)(C)C)CCC1c1ccc(OCCCOCc3ccccc3OC)cc1)C2. The number of rotatable bonds is 17. The summed E-state index contributed by atoms with van der Waals surface area (Å²) in [5, 5.41) is 0. The van der Waals surface area contributed by atoms with Gasteiger partial charge in [-0.2, -0.15) is 0 Å². The van der Waals surface area contributed by atoms with Crippen LogP contribution in [0.25, 0.3) is 0 Å². The van der Waals surface area contributed by atoms with Crippen LogP contribution in [0.15, 0.2) is 66.7 Å². The first kappa shape index (κ1) is 37.3. The molecule has 272 valence electrons. The number of likely N-dealkylation sites (tertiary alicyclic amines) is 1. The molecule has 1 unspecified atom stereocenters. The molecule has 1 saturated heterocycles. The number of benzene rings is 3. The monoisotopic (exact) mass is 691 g/mol. The van der Waals surface area contributed by atoms with E-state index in [1.807, 2.05) is 69.3 Å². The zero-order valence-electron chi connectivity index (χ0n) is 30.2. The van der Waals surface area contributed by atoms with Crippen LogP contribution in [0.3, 0.4) is 0 Å². The standard InChI is InChI=1S/C40H53NO9/c1-40(2,3)50-39(42)41-20-19-34(29-15-17-32(18-16-29)46-23-10-22-45-27-31-11-6-7-13-35(31)44-5)37(26-41)48-28-33-25-30-12-8-14-36(38(30)49-33)47-24-9-21-43-4/h6-8,11-18,33-34,37H,9-10,19-28H2,1-5H3/t33-,34?,37-/m1/s1. The van der Waals surface area contributed by atoms with Crippen molar-refractivity contribution in [3.63, 3.8) is 0 Å². The fourth-order valence-corrected chi connectivity index (χ4v) is 6.26. The third kappa shape index (κ3) is 10.8. The summed E-state index contributed by atoms with van der Waals surface area (Å²) in [6.07, 6.45) is 2.34. The largest absolute Gasteiger partial charge is 0.496 e. The molecule has 0 aliphatic carbocycles. The molecule has 10 heteroatoms. The minimum Gasteiger partial charge on any atom is -0.496 e. The maximum Gasteiger partial charge on any atom is 0.410 e. The lowest BCUT2D eigenvalue weighted by molar-refractivity contribution is -0.0476. The molecule has 2 aliphatic rings. The quantitative estimate of drug-likeness (QED) is 0.136. The maximum absolute atomic E-state index is 13.1. The van der Waals surface area contributed by atoms with Gasteiger partial charge in [-0.15, -0.1) is 0 Å². The van der Waals surface area contributed by atoms with Crippen molar-refractivity contribution in [1.82, 2.24) is 4.90 Å². The highest BCUT2D eigenvalue weighted by atomic mass is 16.6. The summed E-state index contributed by atoms with van der Waals surface area (Å²) in [5.74, 6) is 3.26. The summed E-state index contributed by atoms with van der Waals surface area (Å²) < 4.78 is 47.1. The van der Waals surface area contributed by atoms with Crippen molar-refractivity contribution in [2.75, 3.05) is 60.3 Å². The van der Waals surface area contributed by atoms with Crippen molar-refractivity contribution in [3.8, 4) is 23.0 Å². The Bertz CT molecular complexity index is 1490. The van der Waals surface area contributed by atoms with Crippen LogP contribution in [0, 0.1) is 0 Å². The molecule has 0 bridgehead atoms. The molecule has 2 heterocycles. The lowest BCUT2D eigenvalue weighted by Crippen LogP contribution is -2.49. The van der Waals surface area contributed by atoms with Gasteiger partial charge in [0.05, 0.1) is 52.8 Å². The van der Waals surface area contributed by atoms with E-state index in [2.05, 4.69) is 18.2 Å². The molecule has 5 rings (SSSR count). The number of hydrogen-bond donors (Lipinski definition) is 0. The highest BCUT2D eigenvalue weighted by molar-refractivity contribution is 5.68. The highest BCUT2D eigenvalue weighted by Gasteiger charge is 2.36. The van der Waals surface area contributed by atoms with Gasteiger partial charge >= 0.3 is 6.09 Å². The van der Waals surface area contributed by atoms with Gasteiger partial charge in [-0.25, -0.2) is 4.79 Å². The van der Waals surface area contributed by atoms with Crippen LogP contribution in [0.5, 0.6) is 23.0 Å². The molecule has 3 atom stereocenters. The first-order chi connectivity index (χ1) is 24.2. The first-order valence-corrected chi connectivity index (χ1v) is 17.7. The van der Waals surface area contributed by atoms with E-state index in [1.165, 1.54) is 0 Å². The van der Waals surface area contributed by atoms with Crippen LogP contribution in [0.1, 0.15) is 62.6 Å². The minimum atomic E-state index is -0.575. The number of carbonyl (C=O) groups is 1. The molecule has 50 heavy (non-hydrogen) atoms. The number of fused-ring (bicyclic) bond motifs is 1. The molecule has 0 spiro atoms. The lowest BCUT2D eigenvalue weighted by atomic mass is 9.87. The third-order valence-corrected chi connectivity index (χ3v) is 8.71. The van der Waals surface area contributed by atoms with E-state index in [4.69, 9.17) is 37.9 Å². The summed E-state index contributed by atoms with van der Waals surface area (Å²) in [7, 11) is 3.35. The van der Waals surface area contributed by atoms with Gasteiger partial charge in [0, 0.05) is 56.6 Å². The summed E-state index contributed by atoms with van der Waals surface area (Å²) in [6, 6.07) is 22.1. The van der Waals surface area contributed by atoms with Crippen molar-refractivity contribution in [3.05, 3.63) is 83.4 Å². The van der Waals surface area contributed by atoms with Crippen LogP contribution in [-0.4, -0.2) is 89.1 Å². The number of carbonyl (C=O) groups excluding carboxylic acids is 1. The zero-order valence-corrected chi connectivity index (χ0v) is 30.2. The number of nitrogens with zero attached hydrogens (tertiary/aromatic N) is 1. The number of piperidine rings is 1. The van der Waals surface area contributed by atoms with Gasteiger partial charge in [-0.05, 0) is 57.0 Å². The second-order valence-electron chi connectivity index (χ2n) is 13.7. The summed E-state index contributed by atoms with van der Waals surface area (Å²) >= 11 is 0. The van der Waals surface area contributed by atoms with E-state index < -0.39 is 5.60 Å². The molecule has 1 fully saturated rings. The zero-order chi connectivity index (χ0) is 35.3. The average Bonchev–Trinajstić information content (AvgIpc) is 3.54. The summed E-state index contributed by atoms with van der Waals surface area (Å²) in [5.41, 5.74) is 2.71. The van der Waals surface area contributed by atoms with E-state index in [9.17, 15) is 4.79 Å². The van der Waals surface area contributed by atoms with Crippen molar-refractivity contribution >= 4 is 6.09 Å². The second-order valence-corrected chi connectivity index (χ2v) is 13.7. The summed E-state index contributed by atoms with van der Waals surface area (Å²) in [6.45, 7) is 9.90. The topological polar surface area (TPSA) is 94.2 Å². The van der Waals surface area contributed by atoms with Crippen LogP contribution >= 0.6 is 0 Å². The Kier molecular flexibility index (Phi) is 13.6. The Morgan fingerprint density at radius 3 is 2.42 bits per heavy atom. The van der Waals surface area contributed by atoms with E-state index in [0.717, 1.165) is 65.4 Å². The Labute approximate surface area is 296 Å². The van der Waals surface area contributed by atoms with Crippen molar-refractivity contribution < 1.29 is 42.7 Å². The molecule has 2 aliphatic heterocycles. The number of ether oxygens (including phenoxy) is 8. The van der Waals surface area contributed by atoms with Crippen LogP contribution in [0.4, 0.5) is 4.79 Å². The Balaban J connectivity index is 1.15. The fraction of sp³-hybridized carbons (Fsp3) is 0.525. The smallest absolute Gasteiger partial charge is 0.410 e. The van der Waals surface area contributed by atoms with E-state index in [-0.39, 0.29) is 24.2 Å². The number of hydrogen-bond acceptors (Lipinski definition) is 9. The molecule has 0 radical (unpaired) electrons. The van der Waals surface area contributed by atoms with E-state index in [1.54, 1.807) is 19.1 Å². The molecule has 1 amide bonds.